The Morgan fingerprint density at radius 1 is 0.600 bits per heavy atom. The topological polar surface area (TPSA) is 180 Å². The molecule has 18 nitrogen and oxygen atoms in total. The second-order valence-electron chi connectivity index (χ2n) is 25.6. The Morgan fingerprint density at radius 2 is 1.05 bits per heavy atom. The second kappa shape index (κ2) is 25.5. The smallest absolute Gasteiger partial charge is 0.251 e. The molecule has 5 aromatic rings. The van der Waals surface area contributed by atoms with Crippen molar-refractivity contribution in [2.24, 2.45) is 0 Å². The molecule has 0 radical (unpaired) electrons. The van der Waals surface area contributed by atoms with Gasteiger partial charge in [0.05, 0.1) is 37.7 Å². The standard InChI is InChI=1S/C64H81F3N10O8/c1-40-28-74(34-57(78)76-38-63(3,4)59-54(76)23-44(61(80)70-59)21-42-7-11-46(65)12-8-42)48(26-68-40)30-72-17-19-82-51(32-72)36-84-50-15-16-53(67)56(25-50)85-37-52-33-73(18-20-83-52)31-49-27-69-41(2)29-75(49)35-58(79)77-39-64(5,6)60-55(77)24-45(62(81)71-60)22-43-9-13-47(66)14-10-43/h7-16,23-25,40-41,48-49,51-52,68-69H,17-22,26-39H2,1-6H3,(H,70,80)(H,71,81)/t40-,41-,48-,49-,51+,52+/m1/s1. The van der Waals surface area contributed by atoms with E-state index in [1.165, 1.54) is 30.3 Å². The lowest BCUT2D eigenvalue weighted by molar-refractivity contribution is -0.121. The zero-order chi connectivity index (χ0) is 59.7. The van der Waals surface area contributed by atoms with Gasteiger partial charge in [0, 0.05) is 155 Å². The fourth-order valence-electron chi connectivity index (χ4n) is 13.1. The first kappa shape index (κ1) is 60.3. The molecule has 0 unspecified atom stereocenters. The van der Waals surface area contributed by atoms with Crippen LogP contribution in [0.15, 0.2) is 88.5 Å². The van der Waals surface area contributed by atoms with Crippen LogP contribution in [0.25, 0.3) is 0 Å². The van der Waals surface area contributed by atoms with Gasteiger partial charge in [0.25, 0.3) is 11.1 Å². The number of carbonyl (C=O) groups is 2. The first-order valence-corrected chi connectivity index (χ1v) is 30.0. The number of anilines is 2. The number of hydrogen-bond acceptors (Lipinski definition) is 14. The number of halogens is 3. The maximum atomic E-state index is 15.4. The summed E-state index contributed by atoms with van der Waals surface area (Å²) in [5.74, 6) is -0.775. The molecule has 0 bridgehead atoms. The van der Waals surface area contributed by atoms with Crippen LogP contribution in [0.1, 0.15) is 75.2 Å². The molecule has 4 fully saturated rings. The molecule has 2 amide bonds. The number of benzene rings is 3. The summed E-state index contributed by atoms with van der Waals surface area (Å²) in [7, 11) is 0. The van der Waals surface area contributed by atoms with Crippen LogP contribution in [-0.2, 0) is 42.7 Å². The maximum Gasteiger partial charge on any atom is 0.251 e. The fraction of sp³-hybridized carbons (Fsp3) is 0.531. The number of carbonyl (C=O) groups excluding carboxylic acids is 2. The van der Waals surface area contributed by atoms with Gasteiger partial charge in [-0.15, -0.1) is 0 Å². The molecule has 4 saturated heterocycles. The molecule has 6 atom stereocenters. The normalized spacial score (nSPS) is 24.5. The first-order chi connectivity index (χ1) is 40.7. The lowest BCUT2D eigenvalue weighted by Gasteiger charge is -2.43. The Kier molecular flexibility index (Phi) is 18.1. The van der Waals surface area contributed by atoms with Gasteiger partial charge in [0.1, 0.15) is 42.8 Å². The van der Waals surface area contributed by atoms with Gasteiger partial charge >= 0.3 is 0 Å². The van der Waals surface area contributed by atoms with E-state index in [-0.39, 0.29) is 103 Å². The van der Waals surface area contributed by atoms with Crippen LogP contribution in [0.5, 0.6) is 11.5 Å². The maximum absolute atomic E-state index is 15.4. The zero-order valence-electron chi connectivity index (χ0n) is 49.7. The largest absolute Gasteiger partial charge is 0.491 e. The molecule has 85 heavy (non-hydrogen) atoms. The second-order valence-corrected chi connectivity index (χ2v) is 25.6. The fourth-order valence-corrected chi connectivity index (χ4v) is 13.1. The molecule has 6 aliphatic rings. The summed E-state index contributed by atoms with van der Waals surface area (Å²) < 4.78 is 67.4. The SMILES string of the molecule is C[C@@H]1CN(CC(=O)N2CC(C)(C)c3[nH]c(=O)c(Cc4ccc(F)cc4)cc32)[C@@H](CN2CCO[C@H](COc3ccc(F)c(OC[C@@H]4CN(C[C@H]5CN[C@H](C)CN5CC(=O)N5CC(C)(C)c6[nH]c(=O)c(Cc7ccc(F)cc7)cc65)CCO4)c3)C2)CN1. The monoisotopic (exact) mass is 1170 g/mol. The van der Waals surface area contributed by atoms with Gasteiger partial charge in [-0.05, 0) is 73.5 Å². The highest BCUT2D eigenvalue weighted by Gasteiger charge is 2.43. The van der Waals surface area contributed by atoms with E-state index in [0.29, 0.717) is 133 Å². The van der Waals surface area contributed by atoms with Crippen molar-refractivity contribution < 1.29 is 41.7 Å². The molecule has 21 heteroatoms. The van der Waals surface area contributed by atoms with E-state index >= 15 is 4.39 Å². The average molecular weight is 1180 g/mol. The minimum Gasteiger partial charge on any atom is -0.491 e. The van der Waals surface area contributed by atoms with Gasteiger partial charge in [0.15, 0.2) is 11.6 Å². The quantitative estimate of drug-likeness (QED) is 0.0941. The van der Waals surface area contributed by atoms with Crippen molar-refractivity contribution >= 4 is 23.2 Å². The minimum absolute atomic E-state index is 0.0181. The molecule has 0 aliphatic carbocycles. The van der Waals surface area contributed by atoms with Crippen LogP contribution in [0.3, 0.4) is 0 Å². The highest BCUT2D eigenvalue weighted by atomic mass is 19.1. The highest BCUT2D eigenvalue weighted by molar-refractivity contribution is 5.98. The number of hydrogen-bond donors (Lipinski definition) is 4. The third-order valence-corrected chi connectivity index (χ3v) is 17.7. The van der Waals surface area contributed by atoms with E-state index < -0.39 is 16.6 Å². The van der Waals surface area contributed by atoms with Crippen molar-refractivity contribution in [1.29, 1.82) is 0 Å². The van der Waals surface area contributed by atoms with Crippen LogP contribution < -0.4 is 41.0 Å². The van der Waals surface area contributed by atoms with E-state index in [4.69, 9.17) is 18.9 Å². The molecule has 2 aromatic heterocycles. The van der Waals surface area contributed by atoms with Gasteiger partial charge in [-0.2, -0.15) is 0 Å². The molecule has 456 valence electrons. The van der Waals surface area contributed by atoms with Crippen LogP contribution in [-0.4, -0.2) is 196 Å². The van der Waals surface area contributed by atoms with Crippen molar-refractivity contribution in [2.75, 3.05) is 128 Å². The molecule has 0 saturated carbocycles. The summed E-state index contributed by atoms with van der Waals surface area (Å²) in [4.78, 5) is 74.4. The van der Waals surface area contributed by atoms with Gasteiger partial charge in [-0.1, -0.05) is 52.0 Å². The predicted molar refractivity (Wildman–Crippen MR) is 319 cm³/mol. The summed E-state index contributed by atoms with van der Waals surface area (Å²) in [5, 5.41) is 7.22. The van der Waals surface area contributed by atoms with E-state index in [1.54, 1.807) is 41.3 Å². The third kappa shape index (κ3) is 14.2. The number of amides is 2. The van der Waals surface area contributed by atoms with Crippen molar-refractivity contribution in [3.63, 3.8) is 0 Å². The molecule has 6 aliphatic heterocycles. The van der Waals surface area contributed by atoms with Crippen molar-refractivity contribution in [3.05, 3.63) is 151 Å². The average Bonchev–Trinajstić information content (AvgIpc) is 2.37. The van der Waals surface area contributed by atoms with Crippen LogP contribution in [0, 0.1) is 17.5 Å². The zero-order valence-corrected chi connectivity index (χ0v) is 49.7. The Hall–Kier alpha value is -6.43. The number of nitrogens with zero attached hydrogens (tertiary/aromatic N) is 6. The van der Waals surface area contributed by atoms with E-state index in [2.05, 4.69) is 54.0 Å². The van der Waals surface area contributed by atoms with Gasteiger partial charge in [-0.3, -0.25) is 38.8 Å². The minimum atomic E-state index is -0.514. The molecule has 3 aromatic carbocycles. The molecule has 4 N–H and O–H groups in total. The van der Waals surface area contributed by atoms with E-state index in [1.807, 2.05) is 44.7 Å². The van der Waals surface area contributed by atoms with Crippen molar-refractivity contribution in [1.82, 2.24) is 40.2 Å². The van der Waals surface area contributed by atoms with Crippen molar-refractivity contribution in [2.45, 2.75) is 102 Å². The summed E-state index contributed by atoms with van der Waals surface area (Å²) in [5.41, 5.74) is 4.16. The molecular weight excluding hydrogens is 1090 g/mol. The van der Waals surface area contributed by atoms with Crippen LogP contribution >= 0.6 is 0 Å². The predicted octanol–water partition coefficient (Wildman–Crippen LogP) is 4.79. The Balaban J connectivity index is 0.659. The molecule has 8 heterocycles. The highest BCUT2D eigenvalue weighted by Crippen LogP contribution is 2.41. The summed E-state index contributed by atoms with van der Waals surface area (Å²) >= 11 is 0. The van der Waals surface area contributed by atoms with E-state index in [9.17, 15) is 28.0 Å². The first-order valence-electron chi connectivity index (χ1n) is 30.0. The van der Waals surface area contributed by atoms with Gasteiger partial charge in [0.2, 0.25) is 11.8 Å². The molecule has 11 rings (SSSR count). The number of nitrogens with one attached hydrogen (secondary N) is 4. The van der Waals surface area contributed by atoms with Crippen molar-refractivity contribution in [3.8, 4) is 11.5 Å². The number of aromatic nitrogens is 2. The molecule has 0 spiro atoms. The number of piperazine rings is 2. The number of ether oxygens (including phenoxy) is 4. The Bertz CT molecular complexity index is 3330. The van der Waals surface area contributed by atoms with Crippen LogP contribution in [0.2, 0.25) is 0 Å². The Morgan fingerprint density at radius 3 is 1.51 bits per heavy atom. The number of rotatable bonds is 18. The van der Waals surface area contributed by atoms with Crippen LogP contribution in [0.4, 0.5) is 24.5 Å². The van der Waals surface area contributed by atoms with E-state index in [0.717, 1.165) is 22.5 Å². The molecular formula is C64H81F3N10O8. The summed E-state index contributed by atoms with van der Waals surface area (Å²) in [6.45, 7) is 21.7. The number of H-pyrrole nitrogens is 2. The summed E-state index contributed by atoms with van der Waals surface area (Å²) in [6.07, 6.45) is 0.0302. The number of pyridine rings is 2. The van der Waals surface area contributed by atoms with Gasteiger partial charge in [-0.25, -0.2) is 13.2 Å². The lowest BCUT2D eigenvalue weighted by Crippen LogP contribution is -2.61. The Labute approximate surface area is 494 Å². The van der Waals surface area contributed by atoms with Gasteiger partial charge < -0.3 is 49.3 Å². The number of morpholine rings is 2. The third-order valence-electron chi connectivity index (χ3n) is 17.7. The number of aromatic amines is 2. The number of fused-ring (bicyclic) bond motifs is 2. The summed E-state index contributed by atoms with van der Waals surface area (Å²) in [6, 6.07) is 20.8. The lowest BCUT2D eigenvalue weighted by atomic mass is 9.91.